The van der Waals surface area contributed by atoms with Gasteiger partial charge in [-0.05, 0) is 65.8 Å². The van der Waals surface area contributed by atoms with Crippen molar-refractivity contribution < 1.29 is 24.4 Å². The number of nitrogens with zero attached hydrogens (tertiary/aromatic N) is 2. The lowest BCUT2D eigenvalue weighted by atomic mass is 10.1. The van der Waals surface area contributed by atoms with Gasteiger partial charge in [0, 0.05) is 19.3 Å². The van der Waals surface area contributed by atoms with Crippen LogP contribution in [0.25, 0.3) is 24.3 Å². The molecule has 0 saturated heterocycles. The van der Waals surface area contributed by atoms with Crippen LogP contribution in [0.15, 0.2) is 42.5 Å². The number of methoxy groups -OCH3 is 3. The van der Waals surface area contributed by atoms with E-state index in [4.69, 9.17) is 26.4 Å². The van der Waals surface area contributed by atoms with E-state index < -0.39 is 0 Å². The molecule has 1 aromatic heterocycles. The third-order valence-electron chi connectivity index (χ3n) is 4.88. The second-order valence-corrected chi connectivity index (χ2v) is 7.43. The van der Waals surface area contributed by atoms with Crippen LogP contribution in [0.1, 0.15) is 22.5 Å². The van der Waals surface area contributed by atoms with Gasteiger partial charge < -0.3 is 29.0 Å². The summed E-state index contributed by atoms with van der Waals surface area (Å²) in [6.07, 6.45) is 7.56. The molecule has 0 aliphatic heterocycles. The standard InChI is InChI=1S/C25H26N2O5S/c1-30-13-12-27-20(9-5-18-7-11-22(29)24(15-18)32-3)16-19(26-25(27)33)8-4-17-6-10-21(28)23(14-17)31-2/h4-11,14-16,28-29H,12-13H2,1-3H3/b8-4+,9-5+. The monoisotopic (exact) mass is 466 g/mol. The summed E-state index contributed by atoms with van der Waals surface area (Å²) in [6, 6.07) is 12.2. The van der Waals surface area contributed by atoms with Crippen molar-refractivity contribution in [3.8, 4) is 23.0 Å². The first-order valence-corrected chi connectivity index (χ1v) is 10.6. The fraction of sp³-hybridized carbons (Fsp3) is 0.200. The molecule has 172 valence electrons. The Morgan fingerprint density at radius 2 is 1.42 bits per heavy atom. The molecule has 0 aliphatic rings. The van der Waals surface area contributed by atoms with Crippen molar-refractivity contribution >= 4 is 36.5 Å². The summed E-state index contributed by atoms with van der Waals surface area (Å²) in [5, 5.41) is 19.6. The van der Waals surface area contributed by atoms with Crippen molar-refractivity contribution in [2.24, 2.45) is 0 Å². The number of hydrogen-bond acceptors (Lipinski definition) is 7. The molecule has 0 saturated carbocycles. The lowest BCUT2D eigenvalue weighted by Crippen LogP contribution is -2.11. The van der Waals surface area contributed by atoms with Crippen LogP contribution < -0.4 is 9.47 Å². The highest BCUT2D eigenvalue weighted by Gasteiger charge is 2.05. The Bertz CT molecular complexity index is 1230. The molecule has 0 unspecified atom stereocenters. The van der Waals surface area contributed by atoms with E-state index in [-0.39, 0.29) is 11.5 Å². The molecule has 1 heterocycles. The zero-order valence-electron chi connectivity index (χ0n) is 18.7. The minimum atomic E-state index is 0.0813. The molecule has 7 nitrogen and oxygen atoms in total. The molecule has 0 spiro atoms. The lowest BCUT2D eigenvalue weighted by molar-refractivity contribution is 0.186. The van der Waals surface area contributed by atoms with E-state index in [1.54, 1.807) is 43.5 Å². The first-order valence-electron chi connectivity index (χ1n) is 10.2. The Morgan fingerprint density at radius 3 is 1.97 bits per heavy atom. The predicted molar refractivity (Wildman–Crippen MR) is 132 cm³/mol. The van der Waals surface area contributed by atoms with Crippen LogP contribution in [-0.4, -0.2) is 47.7 Å². The predicted octanol–water partition coefficient (Wildman–Crippen LogP) is 5.03. The molecule has 3 aromatic rings. The highest BCUT2D eigenvalue weighted by Crippen LogP contribution is 2.28. The molecule has 2 aromatic carbocycles. The molecule has 2 N–H and O–H groups in total. The lowest BCUT2D eigenvalue weighted by Gasteiger charge is -2.12. The van der Waals surface area contributed by atoms with Crippen molar-refractivity contribution in [1.82, 2.24) is 9.55 Å². The molecule has 0 aliphatic carbocycles. The Hall–Kier alpha value is -3.62. The molecule has 33 heavy (non-hydrogen) atoms. The number of aromatic nitrogens is 2. The second kappa shape index (κ2) is 11.3. The van der Waals surface area contributed by atoms with Gasteiger partial charge in [-0.15, -0.1) is 0 Å². The topological polar surface area (TPSA) is 86.0 Å². The summed E-state index contributed by atoms with van der Waals surface area (Å²) in [4.78, 5) is 4.52. The third-order valence-corrected chi connectivity index (χ3v) is 5.19. The smallest absolute Gasteiger partial charge is 0.200 e. The molecular weight excluding hydrogens is 440 g/mol. The van der Waals surface area contributed by atoms with Crippen molar-refractivity contribution in [3.63, 3.8) is 0 Å². The van der Waals surface area contributed by atoms with Gasteiger partial charge in [0.15, 0.2) is 23.0 Å². The Kier molecular flexibility index (Phi) is 8.23. The van der Waals surface area contributed by atoms with E-state index in [2.05, 4.69) is 4.98 Å². The van der Waals surface area contributed by atoms with E-state index in [1.165, 1.54) is 14.2 Å². The average molecular weight is 467 g/mol. The highest BCUT2D eigenvalue weighted by molar-refractivity contribution is 7.71. The number of rotatable bonds is 9. The van der Waals surface area contributed by atoms with Gasteiger partial charge in [-0.2, -0.15) is 0 Å². The summed E-state index contributed by atoms with van der Waals surface area (Å²) in [5.41, 5.74) is 3.24. The number of phenolic OH excluding ortho intramolecular Hbond substituents is 2. The van der Waals surface area contributed by atoms with Crippen LogP contribution in [0, 0.1) is 4.77 Å². The van der Waals surface area contributed by atoms with Gasteiger partial charge in [0.25, 0.3) is 0 Å². The fourth-order valence-corrected chi connectivity index (χ4v) is 3.43. The number of benzene rings is 2. The van der Waals surface area contributed by atoms with Gasteiger partial charge in [0.05, 0.1) is 26.5 Å². The Morgan fingerprint density at radius 1 is 0.848 bits per heavy atom. The number of hydrogen-bond donors (Lipinski definition) is 2. The van der Waals surface area contributed by atoms with Crippen LogP contribution in [0.3, 0.4) is 0 Å². The minimum absolute atomic E-state index is 0.0813. The zero-order chi connectivity index (χ0) is 23.8. The minimum Gasteiger partial charge on any atom is -0.504 e. The molecule has 8 heteroatoms. The number of ether oxygens (including phenoxy) is 3. The normalized spacial score (nSPS) is 11.4. The van der Waals surface area contributed by atoms with Gasteiger partial charge in [-0.3, -0.25) is 0 Å². The van der Waals surface area contributed by atoms with Crippen LogP contribution in [0.2, 0.25) is 0 Å². The van der Waals surface area contributed by atoms with Gasteiger partial charge in [0.2, 0.25) is 4.77 Å². The molecule has 0 amide bonds. The number of aromatic hydroxyl groups is 2. The van der Waals surface area contributed by atoms with E-state index in [9.17, 15) is 10.2 Å². The average Bonchev–Trinajstić information content (AvgIpc) is 2.82. The van der Waals surface area contributed by atoms with Crippen molar-refractivity contribution in [1.29, 1.82) is 0 Å². The van der Waals surface area contributed by atoms with Crippen LogP contribution in [0.5, 0.6) is 23.0 Å². The molecular formula is C25H26N2O5S. The van der Waals surface area contributed by atoms with E-state index >= 15 is 0 Å². The van der Waals surface area contributed by atoms with E-state index in [1.807, 2.05) is 34.9 Å². The maximum absolute atomic E-state index is 9.82. The summed E-state index contributed by atoms with van der Waals surface area (Å²) in [6.45, 7) is 1.05. The molecule has 0 atom stereocenters. The van der Waals surface area contributed by atoms with Crippen LogP contribution >= 0.6 is 12.2 Å². The SMILES string of the molecule is COCCn1c(/C=C/c2ccc(O)c(OC)c2)cc(/C=C/c2ccc(O)c(OC)c2)nc1=S. The Balaban J connectivity index is 1.96. The second-order valence-electron chi connectivity index (χ2n) is 7.06. The maximum atomic E-state index is 9.82. The summed E-state index contributed by atoms with van der Waals surface area (Å²) < 4.78 is 17.9. The van der Waals surface area contributed by atoms with Crippen molar-refractivity contribution in [3.05, 3.63) is 69.8 Å². The van der Waals surface area contributed by atoms with Gasteiger partial charge in [0.1, 0.15) is 0 Å². The van der Waals surface area contributed by atoms with E-state index in [0.717, 1.165) is 16.8 Å². The molecule has 0 bridgehead atoms. The summed E-state index contributed by atoms with van der Waals surface area (Å²) >= 11 is 5.54. The van der Waals surface area contributed by atoms with Gasteiger partial charge >= 0.3 is 0 Å². The largest absolute Gasteiger partial charge is 0.504 e. The quantitative estimate of drug-likeness (QED) is 0.428. The Labute approximate surface area is 197 Å². The summed E-state index contributed by atoms with van der Waals surface area (Å²) in [7, 11) is 4.65. The number of phenols is 2. The molecule has 0 radical (unpaired) electrons. The van der Waals surface area contributed by atoms with Crippen molar-refractivity contribution in [2.75, 3.05) is 27.9 Å². The maximum Gasteiger partial charge on any atom is 0.200 e. The zero-order valence-corrected chi connectivity index (χ0v) is 19.5. The first kappa shape index (κ1) is 24.0. The third kappa shape index (κ3) is 6.21. The molecule has 0 fully saturated rings. The summed E-state index contributed by atoms with van der Waals surface area (Å²) in [5.74, 6) is 0.959. The van der Waals surface area contributed by atoms with E-state index in [0.29, 0.717) is 35.1 Å². The van der Waals surface area contributed by atoms with Gasteiger partial charge in [-0.25, -0.2) is 4.98 Å². The fourth-order valence-electron chi connectivity index (χ4n) is 3.13. The first-order chi connectivity index (χ1) is 15.9. The van der Waals surface area contributed by atoms with Gasteiger partial charge in [-0.1, -0.05) is 24.3 Å². The van der Waals surface area contributed by atoms with Crippen LogP contribution in [-0.2, 0) is 11.3 Å². The highest BCUT2D eigenvalue weighted by atomic mass is 32.1. The molecule has 3 rings (SSSR count). The van der Waals surface area contributed by atoms with Crippen LogP contribution in [0.4, 0.5) is 0 Å². The van der Waals surface area contributed by atoms with Crippen molar-refractivity contribution in [2.45, 2.75) is 6.54 Å².